The average molecular weight is 377 g/mol. The van der Waals surface area contributed by atoms with E-state index in [9.17, 15) is 0 Å². The zero-order chi connectivity index (χ0) is 16.0. The van der Waals surface area contributed by atoms with Gasteiger partial charge in [-0.25, -0.2) is 0 Å². The first-order valence-corrected chi connectivity index (χ1v) is 10.8. The van der Waals surface area contributed by atoms with Crippen molar-refractivity contribution < 1.29 is 22.8 Å². The summed E-state index contributed by atoms with van der Waals surface area (Å²) >= 11 is -0.555. The zero-order valence-corrected chi connectivity index (χ0v) is 16.4. The van der Waals surface area contributed by atoms with E-state index in [1.165, 1.54) is 34.2 Å². The van der Waals surface area contributed by atoms with Crippen molar-refractivity contribution in [3.63, 3.8) is 0 Å². The molecule has 113 valence electrons. The Bertz CT molecular complexity index is 831. The third kappa shape index (κ3) is 2.50. The fourth-order valence-electron chi connectivity index (χ4n) is 4.00. The van der Waals surface area contributed by atoms with Crippen LogP contribution in [-0.2, 0) is 22.8 Å². The molecule has 0 unspecified atom stereocenters. The van der Waals surface area contributed by atoms with Gasteiger partial charge in [-0.3, -0.25) is 0 Å². The van der Waals surface area contributed by atoms with E-state index in [2.05, 4.69) is 75.4 Å². The van der Waals surface area contributed by atoms with Crippen molar-refractivity contribution in [3.05, 3.63) is 80.2 Å². The summed E-state index contributed by atoms with van der Waals surface area (Å²) in [5.74, 6) is 0.455. The van der Waals surface area contributed by atoms with E-state index in [0.29, 0.717) is 5.92 Å². The molecular formula is C22H21Zr. The Hall–Kier alpha value is -1.33. The van der Waals surface area contributed by atoms with E-state index in [4.69, 9.17) is 0 Å². The molecule has 0 N–H and O–H groups in total. The third-order valence-electron chi connectivity index (χ3n) is 4.89. The summed E-state index contributed by atoms with van der Waals surface area (Å²) < 4.78 is 3.45. The third-order valence-corrected chi connectivity index (χ3v) is 8.02. The van der Waals surface area contributed by atoms with Gasteiger partial charge in [0.25, 0.3) is 0 Å². The van der Waals surface area contributed by atoms with Gasteiger partial charge in [0, 0.05) is 0 Å². The standard InChI is InChI=1S/C19H15.C3H6.Zr/c1-13-7-6-12-14(13)19-17-10-4-2-8-15(17)16-9-3-5-11-18(16)19;1-3-2;/h2-5,7-11,19H,6H2,1H3;1-2H3;. The molecular weight excluding hydrogens is 355 g/mol. The monoisotopic (exact) mass is 375 g/mol. The first-order valence-electron chi connectivity index (χ1n) is 8.32. The summed E-state index contributed by atoms with van der Waals surface area (Å²) in [7, 11) is 0. The van der Waals surface area contributed by atoms with Crippen molar-refractivity contribution in [2.45, 2.75) is 33.1 Å². The second-order valence-electron chi connectivity index (χ2n) is 6.72. The van der Waals surface area contributed by atoms with Gasteiger partial charge in [-0.05, 0) is 0 Å². The minimum absolute atomic E-state index is 0.455. The van der Waals surface area contributed by atoms with Crippen molar-refractivity contribution in [1.29, 1.82) is 0 Å². The van der Waals surface area contributed by atoms with Crippen LogP contribution in [0.2, 0.25) is 0 Å². The van der Waals surface area contributed by atoms with Crippen molar-refractivity contribution in [2.24, 2.45) is 0 Å². The zero-order valence-electron chi connectivity index (χ0n) is 14.0. The van der Waals surface area contributed by atoms with Crippen molar-refractivity contribution in [2.75, 3.05) is 0 Å². The fourth-order valence-corrected chi connectivity index (χ4v) is 7.16. The average Bonchev–Trinajstić information content (AvgIpc) is 3.05. The number of rotatable bonds is 2. The maximum atomic E-state index is 2.46. The number of fused-ring (bicyclic) bond motifs is 3. The van der Waals surface area contributed by atoms with Crippen LogP contribution in [-0.4, -0.2) is 3.21 Å². The molecule has 0 spiro atoms. The fraction of sp³-hybridized carbons (Fsp3) is 0.227. The van der Waals surface area contributed by atoms with Gasteiger partial charge in [-0.2, -0.15) is 0 Å². The number of allylic oxidation sites excluding steroid dienone is 4. The number of hydrogen-bond donors (Lipinski definition) is 0. The van der Waals surface area contributed by atoms with Gasteiger partial charge in [0.05, 0.1) is 0 Å². The summed E-state index contributed by atoms with van der Waals surface area (Å²) in [5.41, 5.74) is 9.03. The van der Waals surface area contributed by atoms with Gasteiger partial charge in [-0.1, -0.05) is 0 Å². The second-order valence-corrected chi connectivity index (χ2v) is 11.3. The SMILES string of the molecule is CC1=CC[C]([Zr]=[C](C)C)=C1C1c2ccccc2-c2ccccc21. The Morgan fingerprint density at radius 3 is 2.04 bits per heavy atom. The molecule has 4 rings (SSSR count). The van der Waals surface area contributed by atoms with E-state index in [1.54, 1.807) is 12.1 Å². The van der Waals surface area contributed by atoms with Crippen LogP contribution in [0.1, 0.15) is 44.2 Å². The molecule has 0 bridgehead atoms. The topological polar surface area (TPSA) is 0 Å². The van der Waals surface area contributed by atoms with Crippen molar-refractivity contribution in [3.8, 4) is 11.1 Å². The Labute approximate surface area is 150 Å². The first-order chi connectivity index (χ1) is 11.2. The van der Waals surface area contributed by atoms with Crippen LogP contribution in [0.25, 0.3) is 11.1 Å². The predicted octanol–water partition coefficient (Wildman–Crippen LogP) is 5.70. The first kappa shape index (κ1) is 15.2. The molecule has 0 amide bonds. The van der Waals surface area contributed by atoms with E-state index in [1.807, 2.05) is 0 Å². The molecule has 2 aromatic rings. The molecule has 23 heavy (non-hydrogen) atoms. The van der Waals surface area contributed by atoms with E-state index in [0.717, 1.165) is 0 Å². The minimum atomic E-state index is -0.555. The molecule has 0 atom stereocenters. The van der Waals surface area contributed by atoms with Crippen molar-refractivity contribution in [1.82, 2.24) is 0 Å². The molecule has 2 aromatic carbocycles. The summed E-state index contributed by atoms with van der Waals surface area (Å²) in [4.78, 5) is 0. The van der Waals surface area contributed by atoms with Gasteiger partial charge >= 0.3 is 150 Å². The van der Waals surface area contributed by atoms with Gasteiger partial charge in [-0.15, -0.1) is 0 Å². The molecule has 2 aliphatic carbocycles. The molecule has 0 fully saturated rings. The van der Waals surface area contributed by atoms with E-state index < -0.39 is 22.8 Å². The number of benzene rings is 2. The summed E-state index contributed by atoms with van der Waals surface area (Å²) in [6.45, 7) is 6.96. The Kier molecular flexibility index (Phi) is 3.94. The van der Waals surface area contributed by atoms with Crippen molar-refractivity contribution >= 4 is 3.21 Å². The predicted molar refractivity (Wildman–Crippen MR) is 95.5 cm³/mol. The molecule has 0 saturated heterocycles. The van der Waals surface area contributed by atoms with Crippen LogP contribution in [0.5, 0.6) is 0 Å². The van der Waals surface area contributed by atoms with Gasteiger partial charge in [0.2, 0.25) is 0 Å². The molecule has 0 aromatic heterocycles. The van der Waals surface area contributed by atoms with Crippen LogP contribution < -0.4 is 0 Å². The van der Waals surface area contributed by atoms with E-state index in [-0.39, 0.29) is 0 Å². The summed E-state index contributed by atoms with van der Waals surface area (Å²) in [5, 5.41) is 0. The maximum absolute atomic E-state index is 2.46. The van der Waals surface area contributed by atoms with Gasteiger partial charge in [0.15, 0.2) is 0 Å². The van der Waals surface area contributed by atoms with Gasteiger partial charge < -0.3 is 0 Å². The molecule has 0 saturated carbocycles. The Balaban J connectivity index is 1.99. The molecule has 1 heteroatoms. The molecule has 0 nitrogen and oxygen atoms in total. The summed E-state index contributed by atoms with van der Waals surface area (Å²) in [6.07, 6.45) is 3.65. The summed E-state index contributed by atoms with van der Waals surface area (Å²) in [6, 6.07) is 18.0. The van der Waals surface area contributed by atoms with Crippen LogP contribution in [0.15, 0.2) is 69.0 Å². The van der Waals surface area contributed by atoms with E-state index >= 15 is 0 Å². The second kappa shape index (κ2) is 5.95. The number of hydrogen-bond acceptors (Lipinski definition) is 0. The molecule has 0 aliphatic heterocycles. The molecule has 0 radical (unpaired) electrons. The van der Waals surface area contributed by atoms with Crippen LogP contribution in [0.4, 0.5) is 0 Å². The normalized spacial score (nSPS) is 16.0. The quantitative estimate of drug-likeness (QED) is 0.631. The van der Waals surface area contributed by atoms with Gasteiger partial charge in [0.1, 0.15) is 0 Å². The van der Waals surface area contributed by atoms with Crippen LogP contribution in [0.3, 0.4) is 0 Å². The van der Waals surface area contributed by atoms with Crippen LogP contribution >= 0.6 is 0 Å². The molecule has 0 heterocycles. The van der Waals surface area contributed by atoms with Crippen LogP contribution in [0, 0.1) is 0 Å². The Morgan fingerprint density at radius 1 is 0.913 bits per heavy atom. The molecule has 2 aliphatic rings. The Morgan fingerprint density at radius 2 is 1.48 bits per heavy atom.